The van der Waals surface area contributed by atoms with Crippen molar-refractivity contribution in [2.24, 2.45) is 11.1 Å². The highest BCUT2D eigenvalue weighted by atomic mass is 32.2. The average molecular weight is 296 g/mol. The van der Waals surface area contributed by atoms with Crippen LogP contribution in [0.15, 0.2) is 29.2 Å². The Morgan fingerprint density at radius 1 is 1.30 bits per heavy atom. The van der Waals surface area contributed by atoms with Gasteiger partial charge in [-0.05, 0) is 49.9 Å². The van der Waals surface area contributed by atoms with Gasteiger partial charge in [0.2, 0.25) is 10.0 Å². The molecule has 0 atom stereocenters. The maximum Gasteiger partial charge on any atom is 0.253 e. The van der Waals surface area contributed by atoms with E-state index in [4.69, 9.17) is 5.14 Å². The number of primary sulfonamides is 1. The van der Waals surface area contributed by atoms with Crippen molar-refractivity contribution in [3.8, 4) is 0 Å². The Hall–Kier alpha value is -1.40. The molecule has 0 radical (unpaired) electrons. The SMILES string of the molecule is CCN(CC1CCC1)C(=O)c1ccc(S(N)(=O)=O)cc1. The van der Waals surface area contributed by atoms with Gasteiger partial charge in [-0.25, -0.2) is 13.6 Å². The molecule has 1 amide bonds. The Morgan fingerprint density at radius 2 is 1.90 bits per heavy atom. The Morgan fingerprint density at radius 3 is 2.30 bits per heavy atom. The van der Waals surface area contributed by atoms with Gasteiger partial charge in [0, 0.05) is 18.7 Å². The van der Waals surface area contributed by atoms with Crippen LogP contribution in [-0.4, -0.2) is 32.3 Å². The summed E-state index contributed by atoms with van der Waals surface area (Å²) >= 11 is 0. The number of carbonyl (C=O) groups is 1. The van der Waals surface area contributed by atoms with Crippen LogP contribution >= 0.6 is 0 Å². The number of hydrogen-bond acceptors (Lipinski definition) is 3. The van der Waals surface area contributed by atoms with E-state index in [1.807, 2.05) is 11.8 Å². The summed E-state index contributed by atoms with van der Waals surface area (Å²) in [5.41, 5.74) is 0.499. The van der Waals surface area contributed by atoms with Crippen LogP contribution in [0.25, 0.3) is 0 Å². The summed E-state index contributed by atoms with van der Waals surface area (Å²) in [6, 6.07) is 5.79. The number of rotatable bonds is 5. The summed E-state index contributed by atoms with van der Waals surface area (Å²) in [6.45, 7) is 3.40. The van der Waals surface area contributed by atoms with Gasteiger partial charge in [-0.15, -0.1) is 0 Å². The third kappa shape index (κ3) is 3.37. The van der Waals surface area contributed by atoms with Crippen LogP contribution in [0.4, 0.5) is 0 Å². The van der Waals surface area contributed by atoms with E-state index in [2.05, 4.69) is 0 Å². The summed E-state index contributed by atoms with van der Waals surface area (Å²) in [5.74, 6) is 0.558. The number of sulfonamides is 1. The van der Waals surface area contributed by atoms with E-state index in [-0.39, 0.29) is 10.8 Å². The maximum atomic E-state index is 12.4. The molecule has 0 bridgehead atoms. The van der Waals surface area contributed by atoms with E-state index >= 15 is 0 Å². The van der Waals surface area contributed by atoms with Gasteiger partial charge in [0.25, 0.3) is 5.91 Å². The first kappa shape index (κ1) is 15.0. The maximum absolute atomic E-state index is 12.4. The molecule has 1 saturated carbocycles. The summed E-state index contributed by atoms with van der Waals surface area (Å²) < 4.78 is 22.4. The molecule has 0 heterocycles. The zero-order valence-corrected chi connectivity index (χ0v) is 12.4. The molecular formula is C14H20N2O3S. The number of benzene rings is 1. The minimum Gasteiger partial charge on any atom is -0.339 e. The lowest BCUT2D eigenvalue weighted by Crippen LogP contribution is -2.37. The zero-order valence-electron chi connectivity index (χ0n) is 11.6. The first-order valence-electron chi connectivity index (χ1n) is 6.84. The van der Waals surface area contributed by atoms with E-state index in [9.17, 15) is 13.2 Å². The quantitative estimate of drug-likeness (QED) is 0.896. The van der Waals surface area contributed by atoms with Gasteiger partial charge in [-0.3, -0.25) is 4.79 Å². The van der Waals surface area contributed by atoms with Gasteiger partial charge in [-0.1, -0.05) is 6.42 Å². The van der Waals surface area contributed by atoms with E-state index < -0.39 is 10.0 Å². The number of nitrogens with two attached hydrogens (primary N) is 1. The number of amides is 1. The smallest absolute Gasteiger partial charge is 0.253 e. The van der Waals surface area contributed by atoms with E-state index in [0.717, 1.165) is 6.54 Å². The summed E-state index contributed by atoms with van der Waals surface area (Å²) in [5, 5.41) is 5.04. The molecular weight excluding hydrogens is 276 g/mol. The zero-order chi connectivity index (χ0) is 14.8. The largest absolute Gasteiger partial charge is 0.339 e. The predicted octanol–water partition coefficient (Wildman–Crippen LogP) is 1.60. The van der Waals surface area contributed by atoms with Crippen molar-refractivity contribution >= 4 is 15.9 Å². The Labute approximate surface area is 119 Å². The van der Waals surface area contributed by atoms with Gasteiger partial charge >= 0.3 is 0 Å². The van der Waals surface area contributed by atoms with Crippen molar-refractivity contribution in [1.82, 2.24) is 4.90 Å². The fourth-order valence-electron chi connectivity index (χ4n) is 2.31. The second-order valence-electron chi connectivity index (χ2n) is 5.21. The fourth-order valence-corrected chi connectivity index (χ4v) is 2.83. The lowest BCUT2D eigenvalue weighted by Gasteiger charge is -2.31. The van der Waals surface area contributed by atoms with Crippen molar-refractivity contribution < 1.29 is 13.2 Å². The minimum absolute atomic E-state index is 0.0242. The Bertz CT molecular complexity index is 577. The molecule has 6 heteroatoms. The molecule has 0 spiro atoms. The molecule has 110 valence electrons. The Balaban J connectivity index is 2.10. The molecule has 2 rings (SSSR count). The van der Waals surface area contributed by atoms with Crippen molar-refractivity contribution in [1.29, 1.82) is 0 Å². The standard InChI is InChI=1S/C14H20N2O3S/c1-2-16(10-11-4-3-5-11)14(17)12-6-8-13(9-7-12)20(15,18)19/h6-9,11H,2-5,10H2,1H3,(H2,15,18,19). The lowest BCUT2D eigenvalue weighted by atomic mass is 9.85. The predicted molar refractivity (Wildman–Crippen MR) is 76.7 cm³/mol. The van der Waals surface area contributed by atoms with Crippen LogP contribution in [0.5, 0.6) is 0 Å². The van der Waals surface area contributed by atoms with E-state index in [0.29, 0.717) is 18.0 Å². The van der Waals surface area contributed by atoms with Crippen LogP contribution in [0, 0.1) is 5.92 Å². The van der Waals surface area contributed by atoms with Crippen molar-refractivity contribution in [2.75, 3.05) is 13.1 Å². The molecule has 0 unspecified atom stereocenters. The average Bonchev–Trinajstić information content (AvgIpc) is 2.36. The van der Waals surface area contributed by atoms with Crippen LogP contribution in [-0.2, 0) is 10.0 Å². The van der Waals surface area contributed by atoms with Gasteiger partial charge < -0.3 is 4.90 Å². The molecule has 5 nitrogen and oxygen atoms in total. The first-order valence-corrected chi connectivity index (χ1v) is 8.38. The highest BCUT2D eigenvalue weighted by molar-refractivity contribution is 7.89. The van der Waals surface area contributed by atoms with E-state index in [1.165, 1.54) is 43.5 Å². The number of hydrogen-bond donors (Lipinski definition) is 1. The highest BCUT2D eigenvalue weighted by Gasteiger charge is 2.23. The lowest BCUT2D eigenvalue weighted by molar-refractivity contribution is 0.0706. The van der Waals surface area contributed by atoms with E-state index in [1.54, 1.807) is 0 Å². The summed E-state index contributed by atoms with van der Waals surface area (Å²) in [6.07, 6.45) is 3.63. The van der Waals surface area contributed by atoms with Crippen molar-refractivity contribution in [2.45, 2.75) is 31.1 Å². The second kappa shape index (κ2) is 5.93. The second-order valence-corrected chi connectivity index (χ2v) is 6.77. The van der Waals surface area contributed by atoms with Crippen molar-refractivity contribution in [3.05, 3.63) is 29.8 Å². The van der Waals surface area contributed by atoms with Crippen molar-refractivity contribution in [3.63, 3.8) is 0 Å². The third-order valence-electron chi connectivity index (χ3n) is 3.80. The number of nitrogens with zero attached hydrogens (tertiary/aromatic N) is 1. The fraction of sp³-hybridized carbons (Fsp3) is 0.500. The summed E-state index contributed by atoms with van der Waals surface area (Å²) in [7, 11) is -3.71. The minimum atomic E-state index is -3.71. The van der Waals surface area contributed by atoms with Gasteiger partial charge in [-0.2, -0.15) is 0 Å². The summed E-state index contributed by atoms with van der Waals surface area (Å²) in [4.78, 5) is 14.2. The van der Waals surface area contributed by atoms with Crippen LogP contribution in [0.2, 0.25) is 0 Å². The van der Waals surface area contributed by atoms with Gasteiger partial charge in [0.1, 0.15) is 0 Å². The molecule has 1 fully saturated rings. The van der Waals surface area contributed by atoms with Gasteiger partial charge in [0.15, 0.2) is 0 Å². The molecule has 1 aromatic rings. The monoisotopic (exact) mass is 296 g/mol. The number of carbonyl (C=O) groups excluding carboxylic acids is 1. The topological polar surface area (TPSA) is 80.5 Å². The molecule has 1 aliphatic carbocycles. The molecule has 20 heavy (non-hydrogen) atoms. The van der Waals surface area contributed by atoms with Crippen LogP contribution in [0.3, 0.4) is 0 Å². The molecule has 0 aliphatic heterocycles. The molecule has 2 N–H and O–H groups in total. The third-order valence-corrected chi connectivity index (χ3v) is 4.73. The molecule has 1 aliphatic rings. The normalized spacial score (nSPS) is 15.7. The first-order chi connectivity index (χ1) is 9.41. The molecule has 0 saturated heterocycles. The molecule has 0 aromatic heterocycles. The highest BCUT2D eigenvalue weighted by Crippen LogP contribution is 2.27. The van der Waals surface area contributed by atoms with Crippen LogP contribution in [0.1, 0.15) is 36.5 Å². The molecule has 1 aromatic carbocycles. The van der Waals surface area contributed by atoms with Gasteiger partial charge in [0.05, 0.1) is 4.90 Å². The van der Waals surface area contributed by atoms with Crippen LogP contribution < -0.4 is 5.14 Å². The Kier molecular flexibility index (Phi) is 4.45.